The zero-order valence-electron chi connectivity index (χ0n) is 11.7. The first-order chi connectivity index (χ1) is 9.48. The van der Waals surface area contributed by atoms with Crippen LogP contribution in [0.15, 0.2) is 36.5 Å². The molecule has 1 N–H and O–H groups in total. The molecule has 0 amide bonds. The molecule has 0 radical (unpaired) electrons. The summed E-state index contributed by atoms with van der Waals surface area (Å²) in [5, 5.41) is 9.49. The van der Waals surface area contributed by atoms with Gasteiger partial charge >= 0.3 is 0 Å². The maximum atomic E-state index is 5.36. The summed E-state index contributed by atoms with van der Waals surface area (Å²) in [6, 6.07) is 10.2. The zero-order valence-corrected chi connectivity index (χ0v) is 12.5. The Bertz CT molecular complexity index is 818. The Morgan fingerprint density at radius 1 is 1.15 bits per heavy atom. The van der Waals surface area contributed by atoms with Gasteiger partial charge in [0, 0.05) is 17.1 Å². The van der Waals surface area contributed by atoms with Crippen LogP contribution in [0, 0.1) is 4.77 Å². The SMILES string of the molecule is CC(C)(C)n1c(-c2nccc3ccccc23)n[nH]c1=S. The fourth-order valence-electron chi connectivity index (χ4n) is 2.38. The van der Waals surface area contributed by atoms with Crippen molar-refractivity contribution in [3.63, 3.8) is 0 Å². The first-order valence-electron chi connectivity index (χ1n) is 6.50. The summed E-state index contributed by atoms with van der Waals surface area (Å²) in [4.78, 5) is 4.51. The van der Waals surface area contributed by atoms with Gasteiger partial charge in [0.05, 0.1) is 0 Å². The lowest BCUT2D eigenvalue weighted by molar-refractivity contribution is 0.395. The molecule has 102 valence electrons. The number of hydrogen-bond donors (Lipinski definition) is 1. The van der Waals surface area contributed by atoms with Gasteiger partial charge in [0.1, 0.15) is 5.69 Å². The molecule has 0 unspecified atom stereocenters. The molecule has 20 heavy (non-hydrogen) atoms. The van der Waals surface area contributed by atoms with Crippen LogP contribution in [0.1, 0.15) is 20.8 Å². The number of hydrogen-bond acceptors (Lipinski definition) is 3. The molecule has 0 saturated carbocycles. The normalized spacial score (nSPS) is 11.9. The number of pyridine rings is 1. The monoisotopic (exact) mass is 284 g/mol. The van der Waals surface area contributed by atoms with Gasteiger partial charge in [0.25, 0.3) is 0 Å². The molecule has 2 heterocycles. The maximum absolute atomic E-state index is 5.36. The molecule has 0 spiro atoms. The molecule has 2 aromatic heterocycles. The van der Waals surface area contributed by atoms with Gasteiger partial charge in [-0.15, -0.1) is 0 Å². The number of rotatable bonds is 1. The number of H-pyrrole nitrogens is 1. The fourth-order valence-corrected chi connectivity index (χ4v) is 2.78. The van der Waals surface area contributed by atoms with Crippen molar-refractivity contribution in [3.8, 4) is 11.5 Å². The number of aromatic nitrogens is 4. The number of aromatic amines is 1. The molecule has 1 aromatic carbocycles. The van der Waals surface area contributed by atoms with E-state index in [-0.39, 0.29) is 5.54 Å². The maximum Gasteiger partial charge on any atom is 0.195 e. The third-order valence-corrected chi connectivity index (χ3v) is 3.50. The van der Waals surface area contributed by atoms with E-state index in [0.717, 1.165) is 22.3 Å². The molecule has 0 saturated heterocycles. The van der Waals surface area contributed by atoms with Crippen LogP contribution >= 0.6 is 12.2 Å². The summed E-state index contributed by atoms with van der Waals surface area (Å²) in [6.45, 7) is 6.31. The smallest absolute Gasteiger partial charge is 0.195 e. The van der Waals surface area contributed by atoms with Crippen LogP contribution in [0.3, 0.4) is 0 Å². The molecule has 0 aliphatic heterocycles. The van der Waals surface area contributed by atoms with E-state index in [4.69, 9.17) is 12.2 Å². The predicted octanol–water partition coefficient (Wildman–Crippen LogP) is 3.91. The molecule has 3 aromatic rings. The van der Waals surface area contributed by atoms with Gasteiger partial charge in [0.15, 0.2) is 10.6 Å². The van der Waals surface area contributed by atoms with E-state index in [1.54, 1.807) is 0 Å². The molecule has 0 bridgehead atoms. The predicted molar refractivity (Wildman–Crippen MR) is 83.1 cm³/mol. The second kappa shape index (κ2) is 4.52. The third kappa shape index (κ3) is 2.04. The standard InChI is InChI=1S/C15H16N4S/c1-15(2,3)19-13(17-18-14(19)20)12-11-7-5-4-6-10(11)8-9-16-12/h4-9H,1-3H3,(H,18,20). The summed E-state index contributed by atoms with van der Waals surface area (Å²) in [7, 11) is 0. The largest absolute Gasteiger partial charge is 0.293 e. The van der Waals surface area contributed by atoms with Crippen molar-refractivity contribution in [1.29, 1.82) is 0 Å². The number of nitrogens with one attached hydrogen (secondary N) is 1. The van der Waals surface area contributed by atoms with E-state index < -0.39 is 0 Å². The van der Waals surface area contributed by atoms with Crippen LogP contribution in [-0.4, -0.2) is 19.7 Å². The molecule has 3 rings (SSSR count). The van der Waals surface area contributed by atoms with Gasteiger partial charge < -0.3 is 0 Å². The van der Waals surface area contributed by atoms with Crippen molar-refractivity contribution >= 4 is 23.0 Å². The first-order valence-corrected chi connectivity index (χ1v) is 6.91. The number of benzene rings is 1. The van der Waals surface area contributed by atoms with Crippen LogP contribution in [-0.2, 0) is 5.54 Å². The summed E-state index contributed by atoms with van der Waals surface area (Å²) in [6.07, 6.45) is 1.81. The van der Waals surface area contributed by atoms with Gasteiger partial charge in [-0.25, -0.2) is 0 Å². The van der Waals surface area contributed by atoms with Crippen LogP contribution in [0.5, 0.6) is 0 Å². The fraction of sp³-hybridized carbons (Fsp3) is 0.267. The van der Waals surface area contributed by atoms with Crippen molar-refractivity contribution in [2.45, 2.75) is 26.3 Å². The van der Waals surface area contributed by atoms with E-state index in [9.17, 15) is 0 Å². The van der Waals surface area contributed by atoms with E-state index in [1.165, 1.54) is 0 Å². The van der Waals surface area contributed by atoms with Crippen LogP contribution in [0.4, 0.5) is 0 Å². The van der Waals surface area contributed by atoms with Gasteiger partial charge in [-0.05, 0) is 44.4 Å². The van der Waals surface area contributed by atoms with Crippen molar-refractivity contribution in [2.75, 3.05) is 0 Å². The molecular weight excluding hydrogens is 268 g/mol. The first kappa shape index (κ1) is 13.0. The summed E-state index contributed by atoms with van der Waals surface area (Å²) in [5.41, 5.74) is 0.697. The highest BCUT2D eigenvalue weighted by atomic mass is 32.1. The highest BCUT2D eigenvalue weighted by molar-refractivity contribution is 7.71. The average molecular weight is 284 g/mol. The molecule has 0 fully saturated rings. The number of nitrogens with zero attached hydrogens (tertiary/aromatic N) is 3. The van der Waals surface area contributed by atoms with E-state index in [2.05, 4.69) is 48.1 Å². The Kier molecular flexibility index (Phi) is 2.94. The minimum absolute atomic E-state index is 0.155. The lowest BCUT2D eigenvalue weighted by atomic mass is 10.1. The van der Waals surface area contributed by atoms with Crippen LogP contribution in [0.2, 0.25) is 0 Å². The second-order valence-corrected chi connectivity index (χ2v) is 6.13. The van der Waals surface area contributed by atoms with Crippen molar-refractivity contribution in [2.24, 2.45) is 0 Å². The van der Waals surface area contributed by atoms with Crippen molar-refractivity contribution in [1.82, 2.24) is 19.7 Å². The summed E-state index contributed by atoms with van der Waals surface area (Å²) < 4.78 is 2.62. The molecule has 0 aliphatic carbocycles. The molecule has 0 aliphatic rings. The van der Waals surface area contributed by atoms with E-state index >= 15 is 0 Å². The van der Waals surface area contributed by atoms with Gasteiger partial charge in [0.2, 0.25) is 0 Å². The number of fused-ring (bicyclic) bond motifs is 1. The lowest BCUT2D eigenvalue weighted by Crippen LogP contribution is -2.23. The summed E-state index contributed by atoms with van der Waals surface area (Å²) >= 11 is 5.36. The molecule has 0 atom stereocenters. The minimum atomic E-state index is -0.155. The zero-order chi connectivity index (χ0) is 14.3. The molecule has 5 heteroatoms. The lowest BCUT2D eigenvalue weighted by Gasteiger charge is -2.22. The second-order valence-electron chi connectivity index (χ2n) is 5.74. The Labute approximate surface area is 122 Å². The molecule has 4 nitrogen and oxygen atoms in total. The third-order valence-electron chi connectivity index (χ3n) is 3.23. The minimum Gasteiger partial charge on any atom is -0.293 e. The highest BCUT2D eigenvalue weighted by Crippen LogP contribution is 2.28. The van der Waals surface area contributed by atoms with E-state index in [1.807, 2.05) is 29.0 Å². The Hall–Kier alpha value is -2.01. The Morgan fingerprint density at radius 3 is 2.65 bits per heavy atom. The highest BCUT2D eigenvalue weighted by Gasteiger charge is 2.22. The van der Waals surface area contributed by atoms with Crippen molar-refractivity contribution in [3.05, 3.63) is 41.3 Å². The quantitative estimate of drug-likeness (QED) is 0.689. The van der Waals surface area contributed by atoms with Crippen molar-refractivity contribution < 1.29 is 0 Å². The topological polar surface area (TPSA) is 46.5 Å². The van der Waals surface area contributed by atoms with Gasteiger partial charge in [-0.2, -0.15) is 5.10 Å². The van der Waals surface area contributed by atoms with Crippen LogP contribution in [0.25, 0.3) is 22.3 Å². The Balaban J connectivity index is 2.36. The van der Waals surface area contributed by atoms with Gasteiger partial charge in [-0.3, -0.25) is 14.6 Å². The molecular formula is C15H16N4S. The van der Waals surface area contributed by atoms with E-state index in [0.29, 0.717) is 4.77 Å². The van der Waals surface area contributed by atoms with Gasteiger partial charge in [-0.1, -0.05) is 24.3 Å². The summed E-state index contributed by atoms with van der Waals surface area (Å²) in [5.74, 6) is 0.777. The average Bonchev–Trinajstić information content (AvgIpc) is 2.80. The van der Waals surface area contributed by atoms with Crippen LogP contribution < -0.4 is 0 Å². The Morgan fingerprint density at radius 2 is 1.90 bits per heavy atom.